The third-order valence-corrected chi connectivity index (χ3v) is 1.82. The molecule has 1 unspecified atom stereocenters. The molecule has 0 fully saturated rings. The van der Waals surface area contributed by atoms with Crippen molar-refractivity contribution in [3.8, 4) is 6.19 Å². The Hall–Kier alpha value is -0.770. The summed E-state index contributed by atoms with van der Waals surface area (Å²) < 4.78 is 4.83. The van der Waals surface area contributed by atoms with Gasteiger partial charge in [-0.1, -0.05) is 11.8 Å². The van der Waals surface area contributed by atoms with Gasteiger partial charge in [0.2, 0.25) is 0 Å². The Morgan fingerprint density at radius 3 is 2.92 bits per heavy atom. The number of ether oxygens (including phenoxy) is 1. The van der Waals surface area contributed by atoms with Gasteiger partial charge >= 0.3 is 0 Å². The third-order valence-electron chi connectivity index (χ3n) is 1.23. The Labute approximate surface area is 81.8 Å². The van der Waals surface area contributed by atoms with E-state index in [0.717, 1.165) is 0 Å². The molecule has 2 N–H and O–H groups in total. The van der Waals surface area contributed by atoms with Crippen molar-refractivity contribution >= 4 is 16.9 Å². The van der Waals surface area contributed by atoms with Crippen molar-refractivity contribution in [3.63, 3.8) is 0 Å². The molecule has 5 nitrogen and oxygen atoms in total. The monoisotopic (exact) mass is 203 g/mol. The van der Waals surface area contributed by atoms with Crippen LogP contribution in [0, 0.1) is 11.5 Å². The van der Waals surface area contributed by atoms with E-state index in [1.54, 1.807) is 12.4 Å². The van der Waals surface area contributed by atoms with Gasteiger partial charge in [0.15, 0.2) is 11.4 Å². The molecule has 0 aliphatic carbocycles. The largest absolute Gasteiger partial charge is 0.394 e. The summed E-state index contributed by atoms with van der Waals surface area (Å²) in [7, 11) is 1.54. The van der Waals surface area contributed by atoms with Crippen LogP contribution in [0.2, 0.25) is 0 Å². The lowest BCUT2D eigenvalue weighted by molar-refractivity contribution is 0.147. The molecule has 1 atom stereocenters. The summed E-state index contributed by atoms with van der Waals surface area (Å²) in [5.74, 6) is 0. The first-order chi connectivity index (χ1) is 6.28. The zero-order valence-corrected chi connectivity index (χ0v) is 8.47. The van der Waals surface area contributed by atoms with Gasteiger partial charge in [-0.3, -0.25) is 10.3 Å². The molecule has 0 aliphatic heterocycles. The van der Waals surface area contributed by atoms with Gasteiger partial charge in [-0.05, 0) is 6.26 Å². The van der Waals surface area contributed by atoms with Crippen LogP contribution in [0.15, 0.2) is 4.99 Å². The van der Waals surface area contributed by atoms with Crippen molar-refractivity contribution in [2.75, 3.05) is 26.6 Å². The van der Waals surface area contributed by atoms with Crippen LogP contribution in [0.5, 0.6) is 0 Å². The van der Waals surface area contributed by atoms with E-state index in [2.05, 4.69) is 10.3 Å². The molecular formula is C7H13N3O2S. The maximum Gasteiger partial charge on any atom is 0.183 e. The Kier molecular flexibility index (Phi) is 7.39. The average Bonchev–Trinajstić information content (AvgIpc) is 2.16. The first kappa shape index (κ1) is 12.2. The van der Waals surface area contributed by atoms with Gasteiger partial charge in [0.25, 0.3) is 0 Å². The van der Waals surface area contributed by atoms with E-state index in [-0.39, 0.29) is 12.6 Å². The van der Waals surface area contributed by atoms with Gasteiger partial charge in [0, 0.05) is 7.11 Å². The molecule has 0 aliphatic rings. The first-order valence-corrected chi connectivity index (χ1v) is 4.87. The number of rotatable bonds is 4. The number of amidine groups is 1. The summed E-state index contributed by atoms with van der Waals surface area (Å²) in [5.41, 5.74) is 0. The van der Waals surface area contributed by atoms with E-state index in [9.17, 15) is 0 Å². The molecule has 6 heteroatoms. The molecule has 0 aromatic heterocycles. The molecule has 0 bridgehead atoms. The second kappa shape index (κ2) is 7.86. The van der Waals surface area contributed by atoms with Crippen LogP contribution in [0.3, 0.4) is 0 Å². The zero-order valence-electron chi connectivity index (χ0n) is 7.65. The summed E-state index contributed by atoms with van der Waals surface area (Å²) in [6.45, 7) is 0.249. The second-order valence-electron chi connectivity index (χ2n) is 2.17. The van der Waals surface area contributed by atoms with Gasteiger partial charge in [0.1, 0.15) is 0 Å². The smallest absolute Gasteiger partial charge is 0.183 e. The van der Waals surface area contributed by atoms with Gasteiger partial charge in [0.05, 0.1) is 19.3 Å². The molecule has 0 aromatic carbocycles. The second-order valence-corrected chi connectivity index (χ2v) is 2.96. The maximum atomic E-state index is 8.86. The Morgan fingerprint density at radius 2 is 2.54 bits per heavy atom. The Balaban J connectivity index is 4.18. The Morgan fingerprint density at radius 1 is 1.85 bits per heavy atom. The fourth-order valence-electron chi connectivity index (χ4n) is 0.673. The van der Waals surface area contributed by atoms with Gasteiger partial charge in [-0.2, -0.15) is 5.26 Å². The van der Waals surface area contributed by atoms with Gasteiger partial charge in [-0.15, -0.1) is 0 Å². The van der Waals surface area contributed by atoms with Crippen LogP contribution in [0.25, 0.3) is 0 Å². The lowest BCUT2D eigenvalue weighted by atomic mass is 10.3. The molecule has 0 saturated carbocycles. The molecule has 0 spiro atoms. The normalized spacial score (nSPS) is 13.5. The van der Waals surface area contributed by atoms with E-state index in [1.807, 2.05) is 0 Å². The summed E-state index contributed by atoms with van der Waals surface area (Å²) >= 11 is 1.31. The minimum atomic E-state index is -0.312. The Bertz CT molecular complexity index is 202. The lowest BCUT2D eigenvalue weighted by Gasteiger charge is -2.09. The molecular weight excluding hydrogens is 190 g/mol. The van der Waals surface area contributed by atoms with Crippen LogP contribution < -0.4 is 5.32 Å². The fraction of sp³-hybridized carbons (Fsp3) is 0.714. The predicted octanol–water partition coefficient (Wildman–Crippen LogP) is -0.217. The highest BCUT2D eigenvalue weighted by Crippen LogP contribution is 1.99. The quantitative estimate of drug-likeness (QED) is 0.286. The molecule has 0 saturated heterocycles. The number of nitrogens with zero attached hydrogens (tertiary/aromatic N) is 2. The molecule has 13 heavy (non-hydrogen) atoms. The topological polar surface area (TPSA) is 77.6 Å². The summed E-state index contributed by atoms with van der Waals surface area (Å²) in [5, 5.41) is 20.1. The lowest BCUT2D eigenvalue weighted by Crippen LogP contribution is -2.23. The number of thioether (sulfide) groups is 1. The van der Waals surface area contributed by atoms with Crippen molar-refractivity contribution < 1.29 is 9.84 Å². The fourth-order valence-corrected chi connectivity index (χ4v) is 1.08. The summed E-state index contributed by atoms with van der Waals surface area (Å²) in [6.07, 6.45) is 3.56. The van der Waals surface area contributed by atoms with Crippen molar-refractivity contribution in [2.45, 2.75) is 6.04 Å². The number of methoxy groups -OCH3 is 1. The highest BCUT2D eigenvalue weighted by molar-refractivity contribution is 8.13. The van der Waals surface area contributed by atoms with Crippen LogP contribution in [0.1, 0.15) is 0 Å². The summed E-state index contributed by atoms with van der Waals surface area (Å²) in [4.78, 5) is 4.06. The number of aliphatic hydroxyl groups excluding tert-OH is 1. The highest BCUT2D eigenvalue weighted by atomic mass is 32.2. The van der Waals surface area contributed by atoms with Crippen LogP contribution >= 0.6 is 11.8 Å². The molecule has 0 aromatic rings. The van der Waals surface area contributed by atoms with E-state index >= 15 is 0 Å². The van der Waals surface area contributed by atoms with Crippen molar-refractivity contribution in [3.05, 3.63) is 0 Å². The number of aliphatic hydroxyl groups is 1. The molecule has 0 amide bonds. The van der Waals surface area contributed by atoms with E-state index in [4.69, 9.17) is 15.1 Å². The van der Waals surface area contributed by atoms with Crippen molar-refractivity contribution in [1.82, 2.24) is 5.32 Å². The van der Waals surface area contributed by atoms with E-state index in [1.165, 1.54) is 18.9 Å². The number of nitrogens with one attached hydrogen (secondary N) is 1. The van der Waals surface area contributed by atoms with Gasteiger partial charge < -0.3 is 9.84 Å². The first-order valence-electron chi connectivity index (χ1n) is 3.65. The summed E-state index contributed by atoms with van der Waals surface area (Å²) in [6, 6.07) is -0.312. The number of hydrogen-bond acceptors (Lipinski definition) is 5. The minimum absolute atomic E-state index is 0.0923. The third kappa shape index (κ3) is 5.47. The molecule has 74 valence electrons. The van der Waals surface area contributed by atoms with Crippen LogP contribution in [0.4, 0.5) is 0 Å². The zero-order chi connectivity index (χ0) is 10.1. The van der Waals surface area contributed by atoms with Crippen molar-refractivity contribution in [1.29, 1.82) is 5.26 Å². The number of nitriles is 1. The molecule has 0 heterocycles. The molecule has 0 rings (SSSR count). The maximum absolute atomic E-state index is 8.86. The van der Waals surface area contributed by atoms with Gasteiger partial charge in [-0.25, -0.2) is 0 Å². The number of aliphatic imine (C=N–C) groups is 1. The molecule has 0 radical (unpaired) electrons. The van der Waals surface area contributed by atoms with Crippen LogP contribution in [-0.2, 0) is 4.74 Å². The minimum Gasteiger partial charge on any atom is -0.394 e. The SMILES string of the molecule is COCC(CO)N=C(NC#N)SC. The van der Waals surface area contributed by atoms with Crippen molar-refractivity contribution in [2.24, 2.45) is 4.99 Å². The van der Waals surface area contributed by atoms with E-state index < -0.39 is 0 Å². The average molecular weight is 203 g/mol. The van der Waals surface area contributed by atoms with E-state index in [0.29, 0.717) is 11.8 Å². The highest BCUT2D eigenvalue weighted by Gasteiger charge is 2.06. The number of hydrogen-bond donors (Lipinski definition) is 2. The predicted molar refractivity (Wildman–Crippen MR) is 52.4 cm³/mol. The van der Waals surface area contributed by atoms with Crippen LogP contribution in [-0.4, -0.2) is 42.9 Å². The standard InChI is InChI=1S/C7H13N3O2S/c1-12-4-6(3-11)10-7(13-2)9-5-8/h6,11H,3-4H2,1-2H3,(H,9,10).